The SMILES string of the molecule is COc1ccc(OC)c(-c2csc(NC(=O)COc3ccc(C(C)=O)cc3)n2)c1. The summed E-state index contributed by atoms with van der Waals surface area (Å²) in [5.74, 6) is 1.49. The number of hydrogen-bond donors (Lipinski definition) is 1. The molecule has 1 heterocycles. The van der Waals surface area contributed by atoms with E-state index in [1.54, 1.807) is 50.6 Å². The summed E-state index contributed by atoms with van der Waals surface area (Å²) in [5, 5.41) is 4.99. The van der Waals surface area contributed by atoms with Crippen molar-refractivity contribution in [2.24, 2.45) is 0 Å². The van der Waals surface area contributed by atoms with E-state index in [4.69, 9.17) is 14.2 Å². The lowest BCUT2D eigenvalue weighted by Gasteiger charge is -2.08. The molecule has 1 amide bonds. The second-order valence-corrected chi connectivity index (χ2v) is 6.88. The minimum atomic E-state index is -0.334. The van der Waals surface area contributed by atoms with E-state index in [2.05, 4.69) is 10.3 Å². The number of methoxy groups -OCH3 is 2. The molecule has 1 N–H and O–H groups in total. The first-order chi connectivity index (χ1) is 14.0. The van der Waals surface area contributed by atoms with Gasteiger partial charge in [0.1, 0.15) is 17.2 Å². The number of benzene rings is 2. The van der Waals surface area contributed by atoms with Gasteiger partial charge in [0.2, 0.25) is 0 Å². The molecule has 0 radical (unpaired) electrons. The fourth-order valence-electron chi connectivity index (χ4n) is 2.56. The first kappa shape index (κ1) is 20.3. The average Bonchev–Trinajstić information content (AvgIpc) is 3.20. The molecule has 7 nitrogen and oxygen atoms in total. The van der Waals surface area contributed by atoms with E-state index >= 15 is 0 Å². The highest BCUT2D eigenvalue weighted by Gasteiger charge is 2.13. The highest BCUT2D eigenvalue weighted by atomic mass is 32.1. The number of rotatable bonds is 8. The lowest BCUT2D eigenvalue weighted by Crippen LogP contribution is -2.20. The van der Waals surface area contributed by atoms with Crippen molar-refractivity contribution < 1.29 is 23.8 Å². The van der Waals surface area contributed by atoms with Crippen molar-refractivity contribution in [3.63, 3.8) is 0 Å². The monoisotopic (exact) mass is 412 g/mol. The number of anilines is 1. The molecule has 0 unspecified atom stereocenters. The van der Waals surface area contributed by atoms with Crippen LogP contribution in [0.1, 0.15) is 17.3 Å². The normalized spacial score (nSPS) is 10.3. The highest BCUT2D eigenvalue weighted by molar-refractivity contribution is 7.14. The lowest BCUT2D eigenvalue weighted by atomic mass is 10.1. The van der Waals surface area contributed by atoms with Gasteiger partial charge in [-0.15, -0.1) is 11.3 Å². The molecular weight excluding hydrogens is 392 g/mol. The van der Waals surface area contributed by atoms with Crippen LogP contribution in [0.5, 0.6) is 17.2 Å². The fraction of sp³-hybridized carbons (Fsp3) is 0.190. The van der Waals surface area contributed by atoms with Crippen LogP contribution in [0, 0.1) is 0 Å². The number of amides is 1. The Morgan fingerprint density at radius 3 is 2.41 bits per heavy atom. The van der Waals surface area contributed by atoms with E-state index < -0.39 is 0 Å². The molecule has 0 aliphatic rings. The van der Waals surface area contributed by atoms with E-state index in [9.17, 15) is 9.59 Å². The van der Waals surface area contributed by atoms with Gasteiger partial charge in [0.15, 0.2) is 17.5 Å². The molecule has 0 saturated carbocycles. The lowest BCUT2D eigenvalue weighted by molar-refractivity contribution is -0.118. The van der Waals surface area contributed by atoms with Gasteiger partial charge in [0, 0.05) is 16.5 Å². The van der Waals surface area contributed by atoms with Crippen molar-refractivity contribution in [2.75, 3.05) is 26.1 Å². The molecule has 8 heteroatoms. The van der Waals surface area contributed by atoms with Crippen LogP contribution < -0.4 is 19.5 Å². The van der Waals surface area contributed by atoms with E-state index in [-0.39, 0.29) is 18.3 Å². The second-order valence-electron chi connectivity index (χ2n) is 6.02. The fourth-order valence-corrected chi connectivity index (χ4v) is 3.29. The summed E-state index contributed by atoms with van der Waals surface area (Å²) in [6.07, 6.45) is 0. The van der Waals surface area contributed by atoms with Crippen LogP contribution in [0.4, 0.5) is 5.13 Å². The molecule has 0 bridgehead atoms. The van der Waals surface area contributed by atoms with Gasteiger partial charge in [-0.05, 0) is 49.4 Å². The molecule has 29 heavy (non-hydrogen) atoms. The molecular formula is C21H20N2O5S. The summed E-state index contributed by atoms with van der Waals surface area (Å²) in [4.78, 5) is 27.9. The predicted molar refractivity (Wildman–Crippen MR) is 111 cm³/mol. The van der Waals surface area contributed by atoms with Crippen molar-refractivity contribution in [3.8, 4) is 28.5 Å². The molecule has 0 aliphatic carbocycles. The van der Waals surface area contributed by atoms with Gasteiger partial charge in [-0.1, -0.05) is 0 Å². The Bertz CT molecular complexity index is 1010. The van der Waals surface area contributed by atoms with E-state index in [0.717, 1.165) is 5.56 Å². The maximum Gasteiger partial charge on any atom is 0.264 e. The Morgan fingerprint density at radius 2 is 1.76 bits per heavy atom. The summed E-state index contributed by atoms with van der Waals surface area (Å²) < 4.78 is 16.1. The van der Waals surface area contributed by atoms with E-state index in [1.165, 1.54) is 18.3 Å². The Kier molecular flexibility index (Phi) is 6.46. The second kappa shape index (κ2) is 9.20. The summed E-state index contributed by atoms with van der Waals surface area (Å²) in [6, 6.07) is 12.1. The topological polar surface area (TPSA) is 86.8 Å². The molecule has 3 rings (SSSR count). The third-order valence-corrected chi connectivity index (χ3v) is 4.82. The highest BCUT2D eigenvalue weighted by Crippen LogP contribution is 2.35. The molecule has 1 aromatic heterocycles. The number of aromatic nitrogens is 1. The predicted octanol–water partition coefficient (Wildman–Crippen LogP) is 4.05. The molecule has 2 aromatic carbocycles. The smallest absolute Gasteiger partial charge is 0.264 e. The number of nitrogens with one attached hydrogen (secondary N) is 1. The Labute approximate surface area is 172 Å². The zero-order valence-electron chi connectivity index (χ0n) is 16.2. The summed E-state index contributed by atoms with van der Waals surface area (Å²) in [6.45, 7) is 1.32. The number of nitrogens with zero attached hydrogens (tertiary/aromatic N) is 1. The average molecular weight is 412 g/mol. The summed E-state index contributed by atoms with van der Waals surface area (Å²) in [5.41, 5.74) is 2.03. The quantitative estimate of drug-likeness (QED) is 0.562. The maximum atomic E-state index is 12.2. The van der Waals surface area contributed by atoms with Crippen LogP contribution in [-0.4, -0.2) is 37.5 Å². The van der Waals surface area contributed by atoms with Gasteiger partial charge in [-0.2, -0.15) is 0 Å². The molecule has 0 saturated heterocycles. The van der Waals surface area contributed by atoms with Crippen molar-refractivity contribution in [1.29, 1.82) is 0 Å². The van der Waals surface area contributed by atoms with Crippen molar-refractivity contribution in [2.45, 2.75) is 6.92 Å². The molecule has 0 atom stereocenters. The Morgan fingerprint density at radius 1 is 1.03 bits per heavy atom. The van der Waals surface area contributed by atoms with Gasteiger partial charge in [0.25, 0.3) is 5.91 Å². The number of hydrogen-bond acceptors (Lipinski definition) is 7. The molecule has 3 aromatic rings. The van der Waals surface area contributed by atoms with Crippen LogP contribution >= 0.6 is 11.3 Å². The van der Waals surface area contributed by atoms with Crippen molar-refractivity contribution >= 4 is 28.2 Å². The number of carbonyl (C=O) groups is 2. The first-order valence-corrected chi connectivity index (χ1v) is 9.59. The minimum Gasteiger partial charge on any atom is -0.497 e. The third kappa shape index (κ3) is 5.11. The van der Waals surface area contributed by atoms with E-state index in [1.807, 2.05) is 11.4 Å². The number of thiazole rings is 1. The van der Waals surface area contributed by atoms with Crippen LogP contribution in [0.3, 0.4) is 0 Å². The van der Waals surface area contributed by atoms with Gasteiger partial charge in [-0.25, -0.2) is 4.98 Å². The minimum absolute atomic E-state index is 0.0264. The van der Waals surface area contributed by atoms with Gasteiger partial charge in [-0.3, -0.25) is 14.9 Å². The first-order valence-electron chi connectivity index (χ1n) is 8.71. The van der Waals surface area contributed by atoms with Gasteiger partial charge < -0.3 is 14.2 Å². The van der Waals surface area contributed by atoms with Crippen molar-refractivity contribution in [1.82, 2.24) is 4.98 Å². The number of ether oxygens (including phenoxy) is 3. The van der Waals surface area contributed by atoms with Crippen LogP contribution in [0.25, 0.3) is 11.3 Å². The largest absolute Gasteiger partial charge is 0.497 e. The molecule has 0 spiro atoms. The van der Waals surface area contributed by atoms with Crippen LogP contribution in [0.15, 0.2) is 47.8 Å². The van der Waals surface area contributed by atoms with Gasteiger partial charge in [0.05, 0.1) is 19.9 Å². The molecule has 0 aliphatic heterocycles. The maximum absolute atomic E-state index is 12.2. The van der Waals surface area contributed by atoms with Crippen LogP contribution in [0.2, 0.25) is 0 Å². The summed E-state index contributed by atoms with van der Waals surface area (Å²) in [7, 11) is 3.17. The molecule has 0 fully saturated rings. The van der Waals surface area contributed by atoms with E-state index in [0.29, 0.717) is 33.6 Å². The number of Topliss-reactive ketones (excluding diaryl/α,β-unsaturated/α-hetero) is 1. The number of ketones is 1. The van der Waals surface area contributed by atoms with Crippen molar-refractivity contribution in [3.05, 3.63) is 53.4 Å². The van der Waals surface area contributed by atoms with Gasteiger partial charge >= 0.3 is 0 Å². The Hall–Kier alpha value is -3.39. The van der Waals surface area contributed by atoms with Crippen LogP contribution in [-0.2, 0) is 4.79 Å². The Balaban J connectivity index is 1.62. The number of carbonyl (C=O) groups excluding carboxylic acids is 2. The zero-order chi connectivity index (χ0) is 20.8. The standard InChI is InChI=1S/C21H20N2O5S/c1-13(24)14-4-6-15(7-5-14)28-11-20(25)23-21-22-18(12-29-21)17-10-16(26-2)8-9-19(17)27-3/h4-10,12H,11H2,1-3H3,(H,22,23,25). The summed E-state index contributed by atoms with van der Waals surface area (Å²) >= 11 is 1.30. The third-order valence-electron chi connectivity index (χ3n) is 4.06. The molecule has 150 valence electrons. The zero-order valence-corrected chi connectivity index (χ0v) is 17.0.